The summed E-state index contributed by atoms with van der Waals surface area (Å²) < 4.78 is 39.2. The van der Waals surface area contributed by atoms with E-state index in [4.69, 9.17) is 28.4 Å². The molecule has 4 atom stereocenters. The number of aryl methyl sites for hydroxylation is 8. The van der Waals surface area contributed by atoms with Crippen LogP contribution in [-0.2, 0) is 100 Å². The maximum atomic E-state index is 14.8. The summed E-state index contributed by atoms with van der Waals surface area (Å²) >= 11 is 0. The molecule has 31 heteroatoms. The van der Waals surface area contributed by atoms with Crippen LogP contribution in [0.5, 0.6) is 0 Å². The van der Waals surface area contributed by atoms with E-state index in [0.29, 0.717) is 39.3 Å². The first-order chi connectivity index (χ1) is 48.1. The van der Waals surface area contributed by atoms with Crippen LogP contribution in [0.3, 0.4) is 0 Å². The molecule has 8 N–H and O–H groups in total. The molecule has 4 amide bonds. The normalized spacial score (nSPS) is 12.6. The van der Waals surface area contributed by atoms with Gasteiger partial charge < -0.3 is 44.4 Å². The van der Waals surface area contributed by atoms with Gasteiger partial charge in [0, 0.05) is 69.8 Å². The molecular formula is C70H80N12O19. The van der Waals surface area contributed by atoms with Gasteiger partial charge in [-0.05, 0) is 146 Å². The van der Waals surface area contributed by atoms with E-state index in [9.17, 15) is 62.3 Å². The second-order valence-corrected chi connectivity index (χ2v) is 24.7. The molecule has 0 aliphatic rings. The molecule has 0 spiro atoms. The number of aromatic amines is 4. The highest BCUT2D eigenvalue weighted by Gasteiger charge is 2.28. The van der Waals surface area contributed by atoms with Crippen molar-refractivity contribution in [2.45, 2.75) is 157 Å². The van der Waals surface area contributed by atoms with Crippen molar-refractivity contribution in [3.05, 3.63) is 250 Å². The third kappa shape index (κ3) is 21.5. The van der Waals surface area contributed by atoms with Gasteiger partial charge in [-0.1, -0.05) is 72.8 Å². The Hall–Kier alpha value is -11.4. The first-order valence-corrected chi connectivity index (χ1v) is 32.1. The highest BCUT2D eigenvalue weighted by atomic mass is 16.6. The lowest BCUT2D eigenvalue weighted by atomic mass is 10.0. The number of carbonyl (C=O) groups is 5. The highest BCUT2D eigenvalue weighted by Crippen LogP contribution is 2.26. The smallest absolute Gasteiger partial charge is 0.412 e. The number of carbonyl (C=O) groups excluding carboxylic acids is 5. The topological polar surface area (TPSA) is 408 Å². The summed E-state index contributed by atoms with van der Waals surface area (Å²) in [7, 11) is 1.17. The number of methoxy groups -OCH3 is 1. The van der Waals surface area contributed by atoms with E-state index < -0.39 is 132 Å². The van der Waals surface area contributed by atoms with Gasteiger partial charge in [-0.3, -0.25) is 77.1 Å². The molecule has 8 aromatic rings. The van der Waals surface area contributed by atoms with Crippen molar-refractivity contribution in [3.63, 3.8) is 0 Å². The van der Waals surface area contributed by atoms with E-state index in [1.165, 1.54) is 59.6 Å². The Morgan fingerprint density at radius 2 is 0.634 bits per heavy atom. The Morgan fingerprint density at radius 3 is 0.901 bits per heavy atom. The van der Waals surface area contributed by atoms with E-state index in [1.54, 1.807) is 118 Å². The Bertz CT molecular complexity index is 4820. The Kier molecular flexibility index (Phi) is 26.0. The summed E-state index contributed by atoms with van der Waals surface area (Å²) in [5, 5.41) is 11.6. The summed E-state index contributed by atoms with van der Waals surface area (Å²) in [5.74, 6) is -2.75. The van der Waals surface area contributed by atoms with Crippen LogP contribution in [0.1, 0.15) is 91.0 Å². The minimum absolute atomic E-state index is 0.0122. The van der Waals surface area contributed by atoms with Gasteiger partial charge in [0.25, 0.3) is 40.0 Å². The largest absolute Gasteiger partial charge is 0.467 e. The van der Waals surface area contributed by atoms with Gasteiger partial charge in [-0.25, -0.2) is 28.8 Å². The first kappa shape index (κ1) is 75.4. The zero-order valence-electron chi connectivity index (χ0n) is 56.9. The van der Waals surface area contributed by atoms with Gasteiger partial charge in [0.1, 0.15) is 50.8 Å². The van der Waals surface area contributed by atoms with Crippen LogP contribution in [0.15, 0.2) is 160 Å². The summed E-state index contributed by atoms with van der Waals surface area (Å²) in [6, 6.07) is 27.1. The molecular weight excluding hydrogens is 1310 g/mol. The molecule has 0 saturated carbocycles. The lowest BCUT2D eigenvalue weighted by Crippen LogP contribution is -2.36. The van der Waals surface area contributed by atoms with E-state index in [0.717, 1.165) is 18.3 Å². The summed E-state index contributed by atoms with van der Waals surface area (Å²) in [5.41, 5.74) is -1.96. The molecule has 4 aromatic carbocycles. The van der Waals surface area contributed by atoms with Crippen LogP contribution in [0.25, 0.3) is 0 Å². The van der Waals surface area contributed by atoms with E-state index in [1.807, 2.05) is 0 Å². The third-order valence-electron chi connectivity index (χ3n) is 15.9. The number of amides is 4. The second kappa shape index (κ2) is 34.9. The van der Waals surface area contributed by atoms with Gasteiger partial charge in [0.05, 0.1) is 7.11 Å². The van der Waals surface area contributed by atoms with E-state index >= 15 is 0 Å². The number of rotatable bonds is 32. The zero-order chi connectivity index (χ0) is 73.1. The van der Waals surface area contributed by atoms with Gasteiger partial charge in [-0.2, -0.15) is 0 Å². The van der Waals surface area contributed by atoms with Crippen molar-refractivity contribution < 1.29 is 52.4 Å². The maximum Gasteiger partial charge on any atom is 0.412 e. The minimum atomic E-state index is -1.35. The van der Waals surface area contributed by atoms with Crippen molar-refractivity contribution in [2.24, 2.45) is 0 Å². The molecule has 0 saturated heterocycles. The number of nitrogens with one attached hydrogen (secondary N) is 8. The molecule has 0 radical (unpaired) electrons. The monoisotopic (exact) mass is 1390 g/mol. The average molecular weight is 1390 g/mol. The molecule has 4 heterocycles. The molecule has 8 rings (SSSR count). The number of hydrogen-bond donors (Lipinski definition) is 8. The summed E-state index contributed by atoms with van der Waals surface area (Å²) in [4.78, 5) is 179. The molecule has 0 aliphatic heterocycles. The van der Waals surface area contributed by atoms with Crippen LogP contribution in [-0.4, -0.2) is 105 Å². The number of H-pyrrole nitrogens is 4. The van der Waals surface area contributed by atoms with Gasteiger partial charge in [0.15, 0.2) is 6.10 Å². The minimum Gasteiger partial charge on any atom is -0.467 e. The number of anilines is 4. The average Bonchev–Trinajstić information content (AvgIpc) is 0.874. The fraction of sp³-hybridized carbons (Fsp3) is 0.357. The Balaban J connectivity index is 1.02. The molecule has 0 unspecified atom stereocenters. The fourth-order valence-corrected chi connectivity index (χ4v) is 10.5. The lowest BCUT2D eigenvalue weighted by molar-refractivity contribution is -0.157. The van der Waals surface area contributed by atoms with Crippen LogP contribution < -0.4 is 66.3 Å². The number of benzene rings is 4. The quantitative estimate of drug-likeness (QED) is 0.0266. The highest BCUT2D eigenvalue weighted by molar-refractivity contribution is 5.97. The fourth-order valence-electron chi connectivity index (χ4n) is 10.5. The first-order valence-electron chi connectivity index (χ1n) is 32.1. The van der Waals surface area contributed by atoms with E-state index in [-0.39, 0.29) is 79.3 Å². The second-order valence-electron chi connectivity index (χ2n) is 24.7. The van der Waals surface area contributed by atoms with Crippen molar-refractivity contribution >= 4 is 52.5 Å². The van der Waals surface area contributed by atoms with E-state index in [2.05, 4.69) is 41.2 Å². The van der Waals surface area contributed by atoms with Crippen molar-refractivity contribution in [2.75, 3.05) is 28.4 Å². The number of para-hydroxylation sites is 4. The SMILES string of the molecule is COC(=O)[C@H](CCc1ccccc1NC(=O)[C@H](CCc1ccccc1NC(=O)[C@H](CCc1ccccc1NC(=O)[C@H](CCc1ccccc1NC(=O)OC(C)(C)C)OCn1cc(C)c(=O)[nH]c1=O)OCn1cc(C)c(=O)[nH]c1=O)OCn1cc(C)c(=O)[nH]c1=O)OCn1cc(C)c(=O)[nH]c1=O. The van der Waals surface area contributed by atoms with Crippen LogP contribution >= 0.6 is 0 Å². The Labute approximate surface area is 575 Å². The number of hydrogen-bond acceptors (Lipinski definition) is 19. The van der Waals surface area contributed by atoms with Crippen molar-refractivity contribution in [1.82, 2.24) is 38.2 Å². The predicted octanol–water partition coefficient (Wildman–Crippen LogP) is 4.66. The van der Waals surface area contributed by atoms with Gasteiger partial charge in [0.2, 0.25) is 0 Å². The number of ether oxygens (including phenoxy) is 6. The number of nitrogens with zero attached hydrogens (tertiary/aromatic N) is 4. The van der Waals surface area contributed by atoms with Crippen molar-refractivity contribution in [1.29, 1.82) is 0 Å². The summed E-state index contributed by atoms with van der Waals surface area (Å²) in [6.45, 7) is 9.32. The molecule has 0 fully saturated rings. The predicted molar refractivity (Wildman–Crippen MR) is 371 cm³/mol. The number of aromatic nitrogens is 8. The van der Waals surface area contributed by atoms with Crippen LogP contribution in [0, 0.1) is 27.7 Å². The van der Waals surface area contributed by atoms with Gasteiger partial charge >= 0.3 is 34.8 Å². The third-order valence-corrected chi connectivity index (χ3v) is 15.9. The lowest BCUT2D eigenvalue weighted by Gasteiger charge is -2.22. The molecule has 0 bridgehead atoms. The molecule has 534 valence electrons. The van der Waals surface area contributed by atoms with Gasteiger partial charge in [-0.15, -0.1) is 0 Å². The molecule has 0 aliphatic carbocycles. The van der Waals surface area contributed by atoms with Crippen LogP contribution in [0.2, 0.25) is 0 Å². The maximum absolute atomic E-state index is 14.8. The standard InChI is InChI=1S/C70H80N12O19/c1-41-33-79(65(91)75-57(41)83)37-97-53(29-25-46-18-10-14-22-50(46)72-63(89)55(99-39-81-35-43(3)59(85)77-67(81)93)31-27-48-20-12-16-24-52(48)74-69(95)101-70(5,6)7)61(87)71-49-21-13-9-17-45(49)26-30-54(98-38-80-34-42(2)58(84)76-66(80)92)62(88)73-51-23-15-11-19-47(51)28-32-56(64(90)96-8)100-40-82-36-44(4)60(86)78-68(82)94/h9-24,33-36,53-56H,25-32,37-40H2,1-8H3,(H,71,87)(H,72,89)(H,73,88)(H,74,95)(H,75,83,91)(H,76,84,92)(H,77,85,93)(H,78,86,94)/t53-,54-,55-,56-/m0/s1. The molecule has 31 nitrogen and oxygen atoms in total. The zero-order valence-corrected chi connectivity index (χ0v) is 56.9. The molecule has 101 heavy (non-hydrogen) atoms. The Morgan fingerprint density at radius 1 is 0.386 bits per heavy atom. The summed E-state index contributed by atoms with van der Waals surface area (Å²) in [6.07, 6.45) is -0.383. The number of esters is 1. The van der Waals surface area contributed by atoms with Crippen molar-refractivity contribution in [3.8, 4) is 0 Å². The van der Waals surface area contributed by atoms with Crippen LogP contribution in [0.4, 0.5) is 27.5 Å². The molecule has 4 aromatic heterocycles.